The molecule has 2 aromatic rings. The third kappa shape index (κ3) is 3.47. The van der Waals surface area contributed by atoms with Gasteiger partial charge in [-0.15, -0.1) is 0 Å². The molecule has 4 heteroatoms. The molecular weight excluding hydrogens is 226 g/mol. The Morgan fingerprint density at radius 2 is 2.33 bits per heavy atom. The normalized spacial score (nSPS) is 12.8. The van der Waals surface area contributed by atoms with E-state index in [0.717, 1.165) is 37.3 Å². The van der Waals surface area contributed by atoms with Crippen LogP contribution in [0.1, 0.15) is 37.3 Å². The lowest BCUT2D eigenvalue weighted by molar-refractivity contribution is 0.444. The van der Waals surface area contributed by atoms with Gasteiger partial charge in [0.15, 0.2) is 0 Å². The first-order valence-electron chi connectivity index (χ1n) is 6.55. The number of aromatic nitrogens is 2. The van der Waals surface area contributed by atoms with Crippen LogP contribution >= 0.6 is 0 Å². The van der Waals surface area contributed by atoms with Gasteiger partial charge in [0.2, 0.25) is 0 Å². The molecule has 98 valence electrons. The maximum atomic E-state index is 5.38. The number of nitrogens with zero attached hydrogens (tertiary/aromatic N) is 2. The van der Waals surface area contributed by atoms with E-state index in [1.807, 2.05) is 30.1 Å². The number of hydrogen-bond donors (Lipinski definition) is 1. The predicted molar refractivity (Wildman–Crippen MR) is 71.3 cm³/mol. The van der Waals surface area contributed by atoms with Gasteiger partial charge in [0.05, 0.1) is 18.0 Å². The fourth-order valence-corrected chi connectivity index (χ4v) is 2.03. The highest BCUT2D eigenvalue weighted by Gasteiger charge is 2.13. The standard InChI is InChI=1S/C14H21N3O/c1-3-9-15-13(14-8-10-17(2)16-14)7-6-12-5-4-11-18-12/h4-5,8,10-11,13,15H,3,6-7,9H2,1-2H3. The summed E-state index contributed by atoms with van der Waals surface area (Å²) in [5.41, 5.74) is 1.11. The highest BCUT2D eigenvalue weighted by molar-refractivity contribution is 5.07. The van der Waals surface area contributed by atoms with Crippen molar-refractivity contribution in [1.82, 2.24) is 15.1 Å². The van der Waals surface area contributed by atoms with Crippen LogP contribution in [0.3, 0.4) is 0 Å². The van der Waals surface area contributed by atoms with Crippen molar-refractivity contribution in [3.05, 3.63) is 42.1 Å². The van der Waals surface area contributed by atoms with Gasteiger partial charge in [0, 0.05) is 19.7 Å². The molecule has 2 aromatic heterocycles. The van der Waals surface area contributed by atoms with Crippen molar-refractivity contribution >= 4 is 0 Å². The molecule has 1 atom stereocenters. The second-order valence-electron chi connectivity index (χ2n) is 4.54. The summed E-state index contributed by atoms with van der Waals surface area (Å²) in [6, 6.07) is 6.34. The third-order valence-corrected chi connectivity index (χ3v) is 2.99. The van der Waals surface area contributed by atoms with Gasteiger partial charge in [-0.25, -0.2) is 0 Å². The van der Waals surface area contributed by atoms with Crippen LogP contribution in [0.4, 0.5) is 0 Å². The van der Waals surface area contributed by atoms with E-state index in [1.54, 1.807) is 6.26 Å². The summed E-state index contributed by atoms with van der Waals surface area (Å²) >= 11 is 0. The summed E-state index contributed by atoms with van der Waals surface area (Å²) in [6.07, 6.45) is 6.78. The van der Waals surface area contributed by atoms with Crippen molar-refractivity contribution < 1.29 is 4.42 Å². The molecule has 0 amide bonds. The van der Waals surface area contributed by atoms with Crippen molar-refractivity contribution in [3.63, 3.8) is 0 Å². The Balaban J connectivity index is 1.96. The fourth-order valence-electron chi connectivity index (χ4n) is 2.03. The largest absolute Gasteiger partial charge is 0.469 e. The maximum Gasteiger partial charge on any atom is 0.103 e. The van der Waals surface area contributed by atoms with Crippen molar-refractivity contribution in [1.29, 1.82) is 0 Å². The molecule has 0 aliphatic carbocycles. The van der Waals surface area contributed by atoms with Gasteiger partial charge in [-0.1, -0.05) is 6.92 Å². The van der Waals surface area contributed by atoms with Crippen LogP contribution in [0.15, 0.2) is 35.1 Å². The Morgan fingerprint density at radius 1 is 1.44 bits per heavy atom. The zero-order chi connectivity index (χ0) is 12.8. The van der Waals surface area contributed by atoms with Crippen LogP contribution in [-0.2, 0) is 13.5 Å². The van der Waals surface area contributed by atoms with Gasteiger partial charge in [0.25, 0.3) is 0 Å². The molecule has 4 nitrogen and oxygen atoms in total. The Morgan fingerprint density at radius 3 is 2.94 bits per heavy atom. The van der Waals surface area contributed by atoms with Crippen LogP contribution in [0.5, 0.6) is 0 Å². The van der Waals surface area contributed by atoms with E-state index in [4.69, 9.17) is 4.42 Å². The van der Waals surface area contributed by atoms with E-state index < -0.39 is 0 Å². The fraction of sp³-hybridized carbons (Fsp3) is 0.500. The molecule has 0 aromatic carbocycles. The molecule has 0 radical (unpaired) electrons. The molecular formula is C14H21N3O. The number of aryl methyl sites for hydroxylation is 2. The van der Waals surface area contributed by atoms with Crippen LogP contribution < -0.4 is 5.32 Å². The first-order valence-corrected chi connectivity index (χ1v) is 6.55. The number of rotatable bonds is 7. The summed E-state index contributed by atoms with van der Waals surface area (Å²) < 4.78 is 7.23. The van der Waals surface area contributed by atoms with E-state index in [1.165, 1.54) is 0 Å². The Labute approximate surface area is 108 Å². The first kappa shape index (κ1) is 12.9. The number of nitrogens with one attached hydrogen (secondary N) is 1. The van der Waals surface area contributed by atoms with Crippen LogP contribution in [0.25, 0.3) is 0 Å². The van der Waals surface area contributed by atoms with E-state index >= 15 is 0 Å². The van der Waals surface area contributed by atoms with Gasteiger partial charge >= 0.3 is 0 Å². The summed E-state index contributed by atoms with van der Waals surface area (Å²) in [5, 5.41) is 8.03. The zero-order valence-corrected chi connectivity index (χ0v) is 11.1. The molecule has 0 saturated heterocycles. The Kier molecular flexibility index (Phi) is 4.59. The second-order valence-corrected chi connectivity index (χ2v) is 4.54. The van der Waals surface area contributed by atoms with Gasteiger partial charge in [-0.3, -0.25) is 4.68 Å². The second kappa shape index (κ2) is 6.40. The van der Waals surface area contributed by atoms with Gasteiger partial charge in [-0.05, 0) is 37.6 Å². The topological polar surface area (TPSA) is 43.0 Å². The van der Waals surface area contributed by atoms with E-state index in [2.05, 4.69) is 23.4 Å². The highest BCUT2D eigenvalue weighted by atomic mass is 16.3. The van der Waals surface area contributed by atoms with Crippen molar-refractivity contribution in [3.8, 4) is 0 Å². The Bertz CT molecular complexity index is 447. The molecule has 1 unspecified atom stereocenters. The van der Waals surface area contributed by atoms with Crippen molar-refractivity contribution in [2.24, 2.45) is 7.05 Å². The molecule has 0 aliphatic rings. The van der Waals surface area contributed by atoms with Crippen molar-refractivity contribution in [2.75, 3.05) is 6.54 Å². The average molecular weight is 247 g/mol. The first-order chi connectivity index (χ1) is 8.79. The van der Waals surface area contributed by atoms with Gasteiger partial charge in [-0.2, -0.15) is 5.10 Å². The lowest BCUT2D eigenvalue weighted by atomic mass is 10.1. The molecule has 0 aliphatic heterocycles. The van der Waals surface area contributed by atoms with E-state index in [-0.39, 0.29) is 0 Å². The minimum Gasteiger partial charge on any atom is -0.469 e. The summed E-state index contributed by atoms with van der Waals surface area (Å²) in [6.45, 7) is 3.19. The maximum absolute atomic E-state index is 5.38. The molecule has 0 bridgehead atoms. The predicted octanol–water partition coefficient (Wildman–Crippen LogP) is 2.69. The molecule has 1 N–H and O–H groups in total. The van der Waals surface area contributed by atoms with E-state index in [9.17, 15) is 0 Å². The van der Waals surface area contributed by atoms with Crippen LogP contribution in [0, 0.1) is 0 Å². The SMILES string of the molecule is CCCNC(CCc1ccco1)c1ccn(C)n1. The summed E-state index contributed by atoms with van der Waals surface area (Å²) in [7, 11) is 1.95. The lowest BCUT2D eigenvalue weighted by Crippen LogP contribution is -2.23. The quantitative estimate of drug-likeness (QED) is 0.818. The average Bonchev–Trinajstić information content (AvgIpc) is 3.01. The summed E-state index contributed by atoms with van der Waals surface area (Å²) in [4.78, 5) is 0. The molecule has 0 spiro atoms. The van der Waals surface area contributed by atoms with Gasteiger partial charge < -0.3 is 9.73 Å². The molecule has 2 rings (SSSR count). The number of hydrogen-bond acceptors (Lipinski definition) is 3. The minimum atomic E-state index is 0.302. The van der Waals surface area contributed by atoms with Crippen LogP contribution in [-0.4, -0.2) is 16.3 Å². The van der Waals surface area contributed by atoms with Gasteiger partial charge in [0.1, 0.15) is 5.76 Å². The molecule has 0 fully saturated rings. The molecule has 18 heavy (non-hydrogen) atoms. The zero-order valence-electron chi connectivity index (χ0n) is 11.1. The minimum absolute atomic E-state index is 0.302. The van der Waals surface area contributed by atoms with Crippen molar-refractivity contribution in [2.45, 2.75) is 32.2 Å². The molecule has 0 saturated carbocycles. The third-order valence-electron chi connectivity index (χ3n) is 2.99. The lowest BCUT2D eigenvalue weighted by Gasteiger charge is -2.15. The monoisotopic (exact) mass is 247 g/mol. The number of furan rings is 1. The van der Waals surface area contributed by atoms with E-state index in [0.29, 0.717) is 6.04 Å². The van der Waals surface area contributed by atoms with Crippen LogP contribution in [0.2, 0.25) is 0 Å². The molecule has 2 heterocycles. The summed E-state index contributed by atoms with van der Waals surface area (Å²) in [5.74, 6) is 1.04. The smallest absolute Gasteiger partial charge is 0.103 e. The highest BCUT2D eigenvalue weighted by Crippen LogP contribution is 2.17. The Hall–Kier alpha value is -1.55.